The molecule has 0 saturated heterocycles. The van der Waals surface area contributed by atoms with Gasteiger partial charge in [0.05, 0.1) is 21.8 Å². The highest BCUT2D eigenvalue weighted by molar-refractivity contribution is 6.30. The number of carbonyl (C=O) groups excluding carboxylic acids is 1. The second-order valence-electron chi connectivity index (χ2n) is 6.27. The van der Waals surface area contributed by atoms with E-state index in [1.54, 1.807) is 18.2 Å². The van der Waals surface area contributed by atoms with Crippen LogP contribution in [0.4, 0.5) is 13.2 Å². The number of aromatic nitrogens is 1. The number of alkyl halides is 3. The van der Waals surface area contributed by atoms with E-state index < -0.39 is 23.2 Å². The Bertz CT molecular complexity index is 918. The molecule has 1 amide bonds. The summed E-state index contributed by atoms with van der Waals surface area (Å²) in [5.41, 5.74) is 0.283. The van der Waals surface area contributed by atoms with Crippen LogP contribution in [0.3, 0.4) is 0 Å². The summed E-state index contributed by atoms with van der Waals surface area (Å²) in [5.74, 6) is -0.607. The number of hydrogen-bond donors (Lipinski definition) is 1. The van der Waals surface area contributed by atoms with Crippen molar-refractivity contribution in [3.8, 4) is 0 Å². The van der Waals surface area contributed by atoms with E-state index in [0.29, 0.717) is 28.4 Å². The lowest BCUT2D eigenvalue weighted by Gasteiger charge is -2.21. The highest BCUT2D eigenvalue weighted by Crippen LogP contribution is 2.33. The van der Waals surface area contributed by atoms with Crippen LogP contribution < -0.4 is 5.32 Å². The van der Waals surface area contributed by atoms with E-state index in [1.165, 1.54) is 18.3 Å². The van der Waals surface area contributed by atoms with Crippen molar-refractivity contribution in [3.63, 3.8) is 0 Å². The first-order valence-corrected chi connectivity index (χ1v) is 8.65. The summed E-state index contributed by atoms with van der Waals surface area (Å²) in [5, 5.41) is 3.08. The average Bonchev–Trinajstić information content (AvgIpc) is 2.63. The standard InChI is InChI=1S/C20H16ClF3N2O/c1-12-6-8-18(15(10-12)17-9-7-13(21)11-25-17)26-19(27)14-4-2-3-5-16(14)20(22,23)24/h2-5,7-12H,6H2,1H3,(H,26,27). The van der Waals surface area contributed by atoms with Gasteiger partial charge in [0.15, 0.2) is 0 Å². The van der Waals surface area contributed by atoms with Gasteiger partial charge in [-0.15, -0.1) is 0 Å². The Hall–Kier alpha value is -2.60. The highest BCUT2D eigenvalue weighted by atomic mass is 35.5. The molecule has 1 atom stereocenters. The van der Waals surface area contributed by atoms with Crippen LogP contribution in [0.2, 0.25) is 5.02 Å². The molecule has 0 aliphatic heterocycles. The summed E-state index contributed by atoms with van der Waals surface area (Å²) in [6.07, 6.45) is 1.26. The lowest BCUT2D eigenvalue weighted by Crippen LogP contribution is -2.27. The van der Waals surface area contributed by atoms with E-state index in [2.05, 4.69) is 10.3 Å². The fourth-order valence-corrected chi connectivity index (χ4v) is 2.96. The van der Waals surface area contributed by atoms with Gasteiger partial charge in [-0.2, -0.15) is 13.2 Å². The van der Waals surface area contributed by atoms with Crippen molar-refractivity contribution in [3.05, 3.63) is 82.3 Å². The van der Waals surface area contributed by atoms with Crippen molar-refractivity contribution in [2.75, 3.05) is 0 Å². The monoisotopic (exact) mass is 392 g/mol. The van der Waals surface area contributed by atoms with Crippen LogP contribution in [0.25, 0.3) is 5.57 Å². The molecule has 1 heterocycles. The summed E-state index contributed by atoms with van der Waals surface area (Å²) in [7, 11) is 0. The van der Waals surface area contributed by atoms with Gasteiger partial charge in [0, 0.05) is 17.5 Å². The molecule has 0 radical (unpaired) electrons. The maximum Gasteiger partial charge on any atom is 0.417 e. The van der Waals surface area contributed by atoms with Gasteiger partial charge in [-0.1, -0.05) is 42.8 Å². The average molecular weight is 393 g/mol. The van der Waals surface area contributed by atoms with Crippen LogP contribution in [0, 0.1) is 5.92 Å². The number of rotatable bonds is 3. The molecule has 140 valence electrons. The van der Waals surface area contributed by atoms with Gasteiger partial charge >= 0.3 is 6.18 Å². The molecule has 1 unspecified atom stereocenters. The number of carbonyl (C=O) groups is 1. The SMILES string of the molecule is CC1C=C(c2ccc(Cl)cn2)C(NC(=O)c2ccccc2C(F)(F)F)=CC1. The van der Waals surface area contributed by atoms with Crippen molar-refractivity contribution in [1.82, 2.24) is 10.3 Å². The molecule has 0 bridgehead atoms. The van der Waals surface area contributed by atoms with Gasteiger partial charge in [-0.3, -0.25) is 9.78 Å². The fraction of sp³-hybridized carbons (Fsp3) is 0.200. The van der Waals surface area contributed by atoms with Gasteiger partial charge < -0.3 is 5.32 Å². The number of nitrogens with zero attached hydrogens (tertiary/aromatic N) is 1. The van der Waals surface area contributed by atoms with Crippen LogP contribution in [0.1, 0.15) is 35.0 Å². The Morgan fingerprint density at radius 1 is 1.22 bits per heavy atom. The normalized spacial score (nSPS) is 17.1. The Labute approximate surface area is 159 Å². The Morgan fingerprint density at radius 2 is 1.96 bits per heavy atom. The lowest BCUT2D eigenvalue weighted by molar-refractivity contribution is -0.137. The molecular formula is C20H16ClF3N2O. The molecule has 2 aromatic rings. The summed E-state index contributed by atoms with van der Waals surface area (Å²) >= 11 is 5.87. The molecule has 3 rings (SSSR count). The zero-order valence-corrected chi connectivity index (χ0v) is 15.1. The molecule has 1 aromatic carbocycles. The molecule has 1 aliphatic carbocycles. The zero-order valence-electron chi connectivity index (χ0n) is 14.3. The van der Waals surface area contributed by atoms with Crippen LogP contribution in [0.15, 0.2) is 60.4 Å². The molecule has 3 nitrogen and oxygen atoms in total. The number of nitrogens with one attached hydrogen (secondary N) is 1. The van der Waals surface area contributed by atoms with E-state index in [9.17, 15) is 18.0 Å². The predicted octanol–water partition coefficient (Wildman–Crippen LogP) is 5.49. The molecule has 0 fully saturated rings. The molecule has 1 aliphatic rings. The maximum atomic E-state index is 13.2. The van der Waals surface area contributed by atoms with E-state index >= 15 is 0 Å². The van der Waals surface area contributed by atoms with E-state index in [4.69, 9.17) is 11.6 Å². The first kappa shape index (κ1) is 19.2. The number of allylic oxidation sites excluding steroid dienone is 3. The Balaban J connectivity index is 1.91. The third kappa shape index (κ3) is 4.39. The number of amides is 1. The summed E-state index contributed by atoms with van der Waals surface area (Å²) < 4.78 is 39.6. The van der Waals surface area contributed by atoms with Crippen LogP contribution in [0.5, 0.6) is 0 Å². The molecular weight excluding hydrogens is 377 g/mol. The Morgan fingerprint density at radius 3 is 2.63 bits per heavy atom. The molecule has 0 spiro atoms. The minimum atomic E-state index is -4.61. The third-order valence-electron chi connectivity index (χ3n) is 4.16. The van der Waals surface area contributed by atoms with Gasteiger partial charge in [-0.05, 0) is 36.6 Å². The Kier molecular flexibility index (Phi) is 5.37. The largest absolute Gasteiger partial charge is 0.417 e. The minimum Gasteiger partial charge on any atom is -0.322 e. The molecule has 7 heteroatoms. The number of halogens is 4. The highest BCUT2D eigenvalue weighted by Gasteiger charge is 2.35. The summed E-state index contributed by atoms with van der Waals surface area (Å²) in [6.45, 7) is 2.00. The van der Waals surface area contributed by atoms with Crippen LogP contribution >= 0.6 is 11.6 Å². The van der Waals surface area contributed by atoms with Crippen molar-refractivity contribution >= 4 is 23.1 Å². The van der Waals surface area contributed by atoms with Crippen molar-refractivity contribution in [2.24, 2.45) is 5.92 Å². The lowest BCUT2D eigenvalue weighted by atomic mass is 9.93. The number of hydrogen-bond acceptors (Lipinski definition) is 2. The van der Waals surface area contributed by atoms with E-state index in [1.807, 2.05) is 13.0 Å². The zero-order chi connectivity index (χ0) is 19.6. The van der Waals surface area contributed by atoms with Gasteiger partial charge in [0.25, 0.3) is 5.91 Å². The summed E-state index contributed by atoms with van der Waals surface area (Å²) in [6, 6.07) is 8.08. The quantitative estimate of drug-likeness (QED) is 0.750. The van der Waals surface area contributed by atoms with Crippen LogP contribution in [-0.4, -0.2) is 10.9 Å². The minimum absolute atomic E-state index is 0.209. The van der Waals surface area contributed by atoms with Crippen molar-refractivity contribution in [1.29, 1.82) is 0 Å². The van der Waals surface area contributed by atoms with Gasteiger partial charge in [0.1, 0.15) is 0 Å². The fourth-order valence-electron chi connectivity index (χ4n) is 2.85. The maximum absolute atomic E-state index is 13.2. The molecule has 27 heavy (non-hydrogen) atoms. The van der Waals surface area contributed by atoms with E-state index in [-0.39, 0.29) is 5.92 Å². The number of benzene rings is 1. The topological polar surface area (TPSA) is 42.0 Å². The number of pyridine rings is 1. The van der Waals surface area contributed by atoms with Gasteiger partial charge in [0.2, 0.25) is 0 Å². The first-order valence-electron chi connectivity index (χ1n) is 8.27. The van der Waals surface area contributed by atoms with Gasteiger partial charge in [-0.25, -0.2) is 0 Å². The molecule has 1 N–H and O–H groups in total. The summed E-state index contributed by atoms with van der Waals surface area (Å²) in [4.78, 5) is 16.8. The first-order chi connectivity index (χ1) is 12.8. The van der Waals surface area contributed by atoms with Crippen molar-refractivity contribution < 1.29 is 18.0 Å². The second-order valence-corrected chi connectivity index (χ2v) is 6.71. The predicted molar refractivity (Wildman–Crippen MR) is 98.0 cm³/mol. The smallest absolute Gasteiger partial charge is 0.322 e. The molecule has 0 saturated carbocycles. The second kappa shape index (κ2) is 7.56. The third-order valence-corrected chi connectivity index (χ3v) is 4.39. The van der Waals surface area contributed by atoms with Crippen molar-refractivity contribution in [2.45, 2.75) is 19.5 Å². The van der Waals surface area contributed by atoms with E-state index in [0.717, 1.165) is 12.1 Å². The molecule has 1 aromatic heterocycles. The van der Waals surface area contributed by atoms with Crippen LogP contribution in [-0.2, 0) is 6.18 Å².